The zero-order valence-corrected chi connectivity index (χ0v) is 11.0. The Labute approximate surface area is 99.1 Å². The Morgan fingerprint density at radius 1 is 1.17 bits per heavy atom. The van der Waals surface area contributed by atoms with E-state index in [-0.39, 0.29) is 5.56 Å². The molecular weight excluding hydrogens is 409 g/mol. The van der Waals surface area contributed by atoms with Crippen LogP contribution in [0.3, 0.4) is 0 Å². The summed E-state index contributed by atoms with van der Waals surface area (Å²) < 4.78 is 26.6. The predicted molar refractivity (Wildman–Crippen MR) is 59.5 cm³/mol. The molecule has 0 saturated carbocycles. The third kappa shape index (κ3) is 2.38. The molecule has 0 heterocycles. The zero-order valence-electron chi connectivity index (χ0n) is 5.62. The fourth-order valence-corrected chi connectivity index (χ4v) is 2.36. The summed E-state index contributed by atoms with van der Waals surface area (Å²) >= 11 is 8.31. The molecule has 1 aromatic rings. The number of alkyl halides is 2. The minimum Gasteiger partial charge on any atom is -0.205 e. The molecule has 5 heteroatoms. The number of rotatable bonds is 1. The highest BCUT2D eigenvalue weighted by molar-refractivity contribution is 14.1. The van der Waals surface area contributed by atoms with Crippen molar-refractivity contribution in [2.24, 2.45) is 0 Å². The van der Waals surface area contributed by atoms with E-state index in [0.717, 1.165) is 8.04 Å². The van der Waals surface area contributed by atoms with Crippen molar-refractivity contribution in [1.82, 2.24) is 0 Å². The smallest absolute Gasteiger partial charge is 0.205 e. The molecule has 0 fully saturated rings. The van der Waals surface area contributed by atoms with Crippen molar-refractivity contribution < 1.29 is 8.78 Å². The molecule has 0 saturated heterocycles. The predicted octanol–water partition coefficient (Wildman–Crippen LogP) is 4.75. The second-order valence-corrected chi connectivity index (χ2v) is 4.96. The van der Waals surface area contributed by atoms with Gasteiger partial charge in [0, 0.05) is 18.1 Å². The lowest BCUT2D eigenvalue weighted by molar-refractivity contribution is 0.150. The molecule has 0 aliphatic carbocycles. The third-order valence-corrected chi connectivity index (χ3v) is 4.25. The number of benzene rings is 1. The molecule has 0 aliphatic heterocycles. The van der Waals surface area contributed by atoms with Crippen LogP contribution < -0.4 is 0 Å². The van der Waals surface area contributed by atoms with Crippen LogP contribution in [-0.2, 0) is 0 Å². The van der Waals surface area contributed by atoms with Gasteiger partial charge in [0.25, 0.3) is 6.43 Å². The van der Waals surface area contributed by atoms with Crippen molar-refractivity contribution in [3.8, 4) is 0 Å². The van der Waals surface area contributed by atoms with E-state index in [1.807, 2.05) is 22.6 Å². The first-order valence-corrected chi connectivity index (χ1v) is 5.61. The molecule has 0 aromatic heterocycles. The molecule has 0 radical (unpaired) electrons. The Kier molecular flexibility index (Phi) is 3.91. The number of halogens is 5. The quantitative estimate of drug-likeness (QED) is 0.462. The maximum Gasteiger partial charge on any atom is 0.264 e. The lowest BCUT2D eigenvalue weighted by Gasteiger charge is -2.04. The van der Waals surface area contributed by atoms with Gasteiger partial charge in [-0.15, -0.1) is 0 Å². The van der Waals surface area contributed by atoms with Gasteiger partial charge in [0.05, 0.1) is 0 Å². The van der Waals surface area contributed by atoms with Crippen LogP contribution in [0.15, 0.2) is 21.1 Å². The summed E-state index contributed by atoms with van der Waals surface area (Å²) in [6, 6.07) is 3.09. The summed E-state index contributed by atoms with van der Waals surface area (Å²) in [5.41, 5.74) is 0.0302. The highest BCUT2D eigenvalue weighted by atomic mass is 127. The topological polar surface area (TPSA) is 0 Å². The summed E-state index contributed by atoms with van der Waals surface area (Å²) in [5, 5.41) is 0. The average Bonchev–Trinajstić information content (AvgIpc) is 1.96. The second-order valence-electron chi connectivity index (χ2n) is 2.09. The van der Waals surface area contributed by atoms with Crippen molar-refractivity contribution >= 4 is 54.5 Å². The van der Waals surface area contributed by atoms with Gasteiger partial charge in [-0.1, -0.05) is 15.9 Å². The molecule has 1 aromatic carbocycles. The van der Waals surface area contributed by atoms with Crippen molar-refractivity contribution in [3.63, 3.8) is 0 Å². The Morgan fingerprint density at radius 3 is 2.25 bits per heavy atom. The molecule has 0 unspecified atom stereocenters. The van der Waals surface area contributed by atoms with Crippen LogP contribution >= 0.6 is 54.5 Å². The monoisotopic (exact) mass is 410 g/mol. The van der Waals surface area contributed by atoms with Gasteiger partial charge in [-0.25, -0.2) is 8.78 Å². The SMILES string of the molecule is FC(F)c1cc(I)c(Br)cc1Br. The fraction of sp³-hybridized carbons (Fsp3) is 0.143. The summed E-state index contributed by atoms with van der Waals surface area (Å²) in [6.45, 7) is 0. The van der Waals surface area contributed by atoms with Crippen LogP contribution in [0.5, 0.6) is 0 Å². The van der Waals surface area contributed by atoms with E-state index < -0.39 is 6.43 Å². The van der Waals surface area contributed by atoms with Gasteiger partial charge in [-0.05, 0) is 50.7 Å². The Hall–Kier alpha value is 0.770. The molecule has 0 N–H and O–H groups in total. The maximum absolute atomic E-state index is 12.3. The molecule has 1 rings (SSSR count). The molecule has 66 valence electrons. The van der Waals surface area contributed by atoms with E-state index in [0.29, 0.717) is 4.47 Å². The van der Waals surface area contributed by atoms with E-state index >= 15 is 0 Å². The van der Waals surface area contributed by atoms with Crippen LogP contribution in [0.4, 0.5) is 8.78 Å². The van der Waals surface area contributed by atoms with Crippen LogP contribution in [0.1, 0.15) is 12.0 Å². The Morgan fingerprint density at radius 2 is 1.75 bits per heavy atom. The van der Waals surface area contributed by atoms with Crippen molar-refractivity contribution in [1.29, 1.82) is 0 Å². The lowest BCUT2D eigenvalue weighted by Crippen LogP contribution is -1.88. The van der Waals surface area contributed by atoms with Gasteiger partial charge in [0.2, 0.25) is 0 Å². The summed E-state index contributed by atoms with van der Waals surface area (Å²) in [5.74, 6) is 0. The minimum absolute atomic E-state index is 0.0302. The maximum atomic E-state index is 12.3. The first-order valence-electron chi connectivity index (χ1n) is 2.95. The number of hydrogen-bond acceptors (Lipinski definition) is 0. The first-order chi connectivity index (χ1) is 5.52. The summed E-state index contributed by atoms with van der Waals surface area (Å²) in [4.78, 5) is 0. The molecule has 0 bridgehead atoms. The minimum atomic E-state index is -2.43. The Balaban J connectivity index is 3.23. The highest BCUT2D eigenvalue weighted by Gasteiger charge is 2.13. The second kappa shape index (κ2) is 4.32. The molecule has 0 nitrogen and oxygen atoms in total. The largest absolute Gasteiger partial charge is 0.264 e. The first kappa shape index (κ1) is 10.8. The van der Waals surface area contributed by atoms with Gasteiger partial charge in [0.1, 0.15) is 0 Å². The van der Waals surface area contributed by atoms with Crippen molar-refractivity contribution in [3.05, 3.63) is 30.2 Å². The molecule has 0 spiro atoms. The molecule has 0 atom stereocenters. The van der Waals surface area contributed by atoms with Gasteiger partial charge in [-0.2, -0.15) is 0 Å². The third-order valence-electron chi connectivity index (χ3n) is 1.27. The van der Waals surface area contributed by atoms with Gasteiger partial charge < -0.3 is 0 Å². The van der Waals surface area contributed by atoms with E-state index in [1.54, 1.807) is 6.07 Å². The molecule has 12 heavy (non-hydrogen) atoms. The standard InChI is InChI=1S/C7H3Br2F2I/c8-4-2-5(9)6(12)1-3(4)7(10)11/h1-2,7H. The zero-order chi connectivity index (χ0) is 9.30. The van der Waals surface area contributed by atoms with Gasteiger partial charge >= 0.3 is 0 Å². The summed E-state index contributed by atoms with van der Waals surface area (Å²) in [7, 11) is 0. The van der Waals surface area contributed by atoms with Crippen LogP contribution in [0, 0.1) is 3.57 Å². The normalized spacial score (nSPS) is 10.8. The molecule has 0 aliphatic rings. The van der Waals surface area contributed by atoms with E-state index in [9.17, 15) is 8.78 Å². The van der Waals surface area contributed by atoms with E-state index in [1.165, 1.54) is 6.07 Å². The van der Waals surface area contributed by atoms with Crippen LogP contribution in [0.25, 0.3) is 0 Å². The Bertz CT molecular complexity index is 302. The summed E-state index contributed by atoms with van der Waals surface area (Å²) in [6.07, 6.45) is -2.43. The highest BCUT2D eigenvalue weighted by Crippen LogP contribution is 2.32. The van der Waals surface area contributed by atoms with E-state index in [2.05, 4.69) is 31.9 Å². The van der Waals surface area contributed by atoms with Crippen LogP contribution in [-0.4, -0.2) is 0 Å². The lowest BCUT2D eigenvalue weighted by atomic mass is 10.2. The van der Waals surface area contributed by atoms with Gasteiger partial charge in [-0.3, -0.25) is 0 Å². The number of hydrogen-bond donors (Lipinski definition) is 0. The average molecular weight is 412 g/mol. The van der Waals surface area contributed by atoms with Crippen molar-refractivity contribution in [2.45, 2.75) is 6.43 Å². The molecule has 0 amide bonds. The van der Waals surface area contributed by atoms with E-state index in [4.69, 9.17) is 0 Å². The molecular formula is C7H3Br2F2I. The van der Waals surface area contributed by atoms with Crippen molar-refractivity contribution in [2.75, 3.05) is 0 Å². The van der Waals surface area contributed by atoms with Gasteiger partial charge in [0.15, 0.2) is 0 Å². The van der Waals surface area contributed by atoms with Crippen LogP contribution in [0.2, 0.25) is 0 Å². The fourth-order valence-electron chi connectivity index (χ4n) is 0.705.